The first-order chi connectivity index (χ1) is 26.8. The predicted molar refractivity (Wildman–Crippen MR) is 232 cm³/mol. The number of aromatic nitrogens is 1. The second-order valence-corrected chi connectivity index (χ2v) is 14.5. The van der Waals surface area contributed by atoms with Crippen LogP contribution < -0.4 is 4.90 Å². The third-order valence-corrected chi connectivity index (χ3v) is 11.4. The van der Waals surface area contributed by atoms with Crippen LogP contribution in [0.2, 0.25) is 0 Å². The first kappa shape index (κ1) is 30.7. The summed E-state index contributed by atoms with van der Waals surface area (Å²) in [4.78, 5) is 2.40. The Balaban J connectivity index is 1.04. The topological polar surface area (TPSA) is 8.17 Å². The van der Waals surface area contributed by atoms with E-state index in [1.807, 2.05) is 0 Å². The van der Waals surface area contributed by atoms with Gasteiger partial charge in [0.2, 0.25) is 0 Å². The molecule has 0 N–H and O–H groups in total. The van der Waals surface area contributed by atoms with Crippen molar-refractivity contribution in [2.75, 3.05) is 4.90 Å². The molecular formula is C52H36N2. The van der Waals surface area contributed by atoms with Crippen molar-refractivity contribution in [1.82, 2.24) is 4.57 Å². The molecule has 9 aromatic carbocycles. The first-order valence-corrected chi connectivity index (χ1v) is 18.9. The highest BCUT2D eigenvalue weighted by molar-refractivity contribution is 6.11. The molecule has 0 amide bonds. The molecule has 0 bridgehead atoms. The Morgan fingerprint density at radius 1 is 0.389 bits per heavy atom. The maximum Gasteiger partial charge on any atom is 0.0560 e. The molecule has 1 heterocycles. The van der Waals surface area contributed by atoms with Crippen molar-refractivity contribution in [2.45, 2.75) is 12.5 Å². The third kappa shape index (κ3) is 4.95. The van der Waals surface area contributed by atoms with Gasteiger partial charge in [0.05, 0.1) is 6.04 Å². The summed E-state index contributed by atoms with van der Waals surface area (Å²) in [6.07, 6.45) is 9.92. The van der Waals surface area contributed by atoms with E-state index in [9.17, 15) is 0 Å². The Kier molecular flexibility index (Phi) is 7.03. The van der Waals surface area contributed by atoms with Gasteiger partial charge in [-0.05, 0) is 115 Å². The van der Waals surface area contributed by atoms with E-state index < -0.39 is 0 Å². The van der Waals surface area contributed by atoms with E-state index in [-0.39, 0.29) is 0 Å². The Morgan fingerprint density at radius 2 is 0.926 bits per heavy atom. The van der Waals surface area contributed by atoms with Gasteiger partial charge in [-0.1, -0.05) is 146 Å². The minimum absolute atomic E-state index is 0.316. The minimum Gasteiger partial charge on any atom is -0.333 e. The molecule has 0 spiro atoms. The van der Waals surface area contributed by atoms with Crippen LogP contribution in [0.25, 0.3) is 76.0 Å². The normalized spacial score (nSPS) is 14.3. The van der Waals surface area contributed by atoms with Gasteiger partial charge in [0, 0.05) is 38.9 Å². The molecule has 1 aliphatic rings. The molecule has 254 valence electrons. The van der Waals surface area contributed by atoms with Crippen molar-refractivity contribution in [3.8, 4) is 11.1 Å². The van der Waals surface area contributed by atoms with Crippen LogP contribution in [0.5, 0.6) is 0 Å². The highest BCUT2D eigenvalue weighted by Crippen LogP contribution is 2.41. The van der Waals surface area contributed by atoms with Gasteiger partial charge < -0.3 is 9.47 Å². The van der Waals surface area contributed by atoms with Crippen molar-refractivity contribution in [1.29, 1.82) is 0 Å². The minimum atomic E-state index is 0.316. The van der Waals surface area contributed by atoms with Gasteiger partial charge in [0.15, 0.2) is 0 Å². The monoisotopic (exact) mass is 688 g/mol. The molecule has 1 unspecified atom stereocenters. The maximum absolute atomic E-state index is 2.51. The van der Waals surface area contributed by atoms with Crippen LogP contribution in [0.1, 0.15) is 12.5 Å². The van der Waals surface area contributed by atoms with Crippen LogP contribution in [-0.4, -0.2) is 4.57 Å². The van der Waals surface area contributed by atoms with E-state index >= 15 is 0 Å². The smallest absolute Gasteiger partial charge is 0.0560 e. The van der Waals surface area contributed by atoms with E-state index in [1.165, 1.54) is 76.0 Å². The SMILES string of the molecule is C1=CCC(n2c3ccccc3c3cc(-c4ccc(N(c5ccc6c(ccc7ccccc76)c5)c5ccc6c(ccc7ccccc76)c5)cc4)ccc32)C=C1. The zero-order valence-corrected chi connectivity index (χ0v) is 29.7. The Labute approximate surface area is 314 Å². The molecule has 0 aliphatic heterocycles. The van der Waals surface area contributed by atoms with Crippen LogP contribution in [0.15, 0.2) is 200 Å². The number of nitrogens with zero attached hydrogens (tertiary/aromatic N) is 2. The molecule has 1 aromatic heterocycles. The molecule has 2 heteroatoms. The average Bonchev–Trinajstić information content (AvgIpc) is 3.58. The fourth-order valence-electron chi connectivity index (χ4n) is 8.83. The van der Waals surface area contributed by atoms with Crippen molar-refractivity contribution in [3.63, 3.8) is 0 Å². The van der Waals surface area contributed by atoms with Gasteiger partial charge in [0.1, 0.15) is 0 Å². The summed E-state index contributed by atoms with van der Waals surface area (Å²) in [5.74, 6) is 0. The first-order valence-electron chi connectivity index (χ1n) is 18.9. The lowest BCUT2D eigenvalue weighted by molar-refractivity contribution is 0.648. The quantitative estimate of drug-likeness (QED) is 0.163. The Morgan fingerprint density at radius 3 is 1.57 bits per heavy atom. The average molecular weight is 689 g/mol. The van der Waals surface area contributed by atoms with Gasteiger partial charge in [-0.3, -0.25) is 0 Å². The lowest BCUT2D eigenvalue weighted by Gasteiger charge is -2.26. The summed E-state index contributed by atoms with van der Waals surface area (Å²) >= 11 is 0. The summed E-state index contributed by atoms with van der Waals surface area (Å²) in [6.45, 7) is 0. The fraction of sp³-hybridized carbons (Fsp3) is 0.0385. The Hall–Kier alpha value is -6.90. The van der Waals surface area contributed by atoms with Gasteiger partial charge in [0.25, 0.3) is 0 Å². The van der Waals surface area contributed by atoms with E-state index in [2.05, 4.69) is 210 Å². The number of hydrogen-bond acceptors (Lipinski definition) is 1. The highest BCUT2D eigenvalue weighted by atomic mass is 15.1. The maximum atomic E-state index is 2.51. The molecule has 11 rings (SSSR count). The van der Waals surface area contributed by atoms with Crippen LogP contribution in [0.4, 0.5) is 17.1 Å². The fourth-order valence-corrected chi connectivity index (χ4v) is 8.83. The van der Waals surface area contributed by atoms with Crippen molar-refractivity contribution in [2.24, 2.45) is 0 Å². The van der Waals surface area contributed by atoms with E-state index in [0.717, 1.165) is 23.5 Å². The highest BCUT2D eigenvalue weighted by Gasteiger charge is 2.19. The third-order valence-electron chi connectivity index (χ3n) is 11.4. The molecule has 54 heavy (non-hydrogen) atoms. The Bertz CT molecular complexity index is 3020. The van der Waals surface area contributed by atoms with E-state index in [0.29, 0.717) is 6.04 Å². The van der Waals surface area contributed by atoms with Crippen LogP contribution in [0, 0.1) is 0 Å². The lowest BCUT2D eigenvalue weighted by Crippen LogP contribution is -2.10. The van der Waals surface area contributed by atoms with Gasteiger partial charge in [-0.2, -0.15) is 0 Å². The molecule has 10 aromatic rings. The van der Waals surface area contributed by atoms with Gasteiger partial charge in [-0.25, -0.2) is 0 Å². The summed E-state index contributed by atoms with van der Waals surface area (Å²) in [7, 11) is 0. The number of fused-ring (bicyclic) bond motifs is 9. The standard InChI is InChI=1S/C52H36N2/c1-2-12-41(13-3-1)54-51-17-9-8-16-49(51)50-34-38(24-31-52(50)54)35-22-25-42(26-23-35)53(43-27-29-47-39(32-43)20-18-36-10-4-6-14-45(36)47)44-28-30-48-40(33-44)21-19-37-11-5-7-15-46(37)48/h1-12,14-34,41H,13H2. The predicted octanol–water partition coefficient (Wildman–Crippen LogP) is 14.6. The van der Waals surface area contributed by atoms with Crippen LogP contribution in [0.3, 0.4) is 0 Å². The zero-order chi connectivity index (χ0) is 35.6. The lowest BCUT2D eigenvalue weighted by atomic mass is 9.99. The zero-order valence-electron chi connectivity index (χ0n) is 29.7. The number of benzene rings is 9. The van der Waals surface area contributed by atoms with E-state index in [4.69, 9.17) is 0 Å². The largest absolute Gasteiger partial charge is 0.333 e. The number of anilines is 3. The van der Waals surface area contributed by atoms with E-state index in [1.54, 1.807) is 0 Å². The number of rotatable bonds is 5. The summed E-state index contributed by atoms with van der Waals surface area (Å²) in [5, 5.41) is 12.7. The van der Waals surface area contributed by atoms with Crippen LogP contribution in [-0.2, 0) is 0 Å². The van der Waals surface area contributed by atoms with Gasteiger partial charge >= 0.3 is 0 Å². The van der Waals surface area contributed by atoms with Crippen molar-refractivity contribution in [3.05, 3.63) is 200 Å². The number of hydrogen-bond donors (Lipinski definition) is 0. The molecular weight excluding hydrogens is 653 g/mol. The van der Waals surface area contributed by atoms with Crippen LogP contribution >= 0.6 is 0 Å². The number of para-hydroxylation sites is 1. The second-order valence-electron chi connectivity index (χ2n) is 14.5. The summed E-state index contributed by atoms with van der Waals surface area (Å²) < 4.78 is 2.51. The molecule has 1 aliphatic carbocycles. The molecule has 0 saturated heterocycles. The molecule has 0 fully saturated rings. The van der Waals surface area contributed by atoms with Gasteiger partial charge in [-0.15, -0.1) is 0 Å². The number of allylic oxidation sites excluding steroid dienone is 4. The second kappa shape index (κ2) is 12.4. The molecule has 0 radical (unpaired) electrons. The van der Waals surface area contributed by atoms with Crippen molar-refractivity contribution < 1.29 is 0 Å². The summed E-state index contributed by atoms with van der Waals surface area (Å²) in [6, 6.07) is 65.3. The van der Waals surface area contributed by atoms with Crippen molar-refractivity contribution >= 4 is 82.0 Å². The summed E-state index contributed by atoms with van der Waals surface area (Å²) in [5.41, 5.74) is 8.37. The molecule has 2 nitrogen and oxygen atoms in total. The molecule has 0 saturated carbocycles. The molecule has 1 atom stereocenters.